The number of benzene rings is 1. The lowest BCUT2D eigenvalue weighted by atomic mass is 9.86. The monoisotopic (exact) mass is 425 g/mol. The van der Waals surface area contributed by atoms with E-state index in [0.717, 1.165) is 38.5 Å². The molecule has 0 atom stereocenters. The second-order valence-electron chi connectivity index (χ2n) is 8.50. The summed E-state index contributed by atoms with van der Waals surface area (Å²) in [5.74, 6) is -0.295. The maximum atomic E-state index is 14.4. The molecule has 0 aromatic heterocycles. The van der Waals surface area contributed by atoms with Crippen LogP contribution in [-0.2, 0) is 10.0 Å². The van der Waals surface area contributed by atoms with E-state index in [1.807, 2.05) is 0 Å². The first kappa shape index (κ1) is 22.0. The van der Waals surface area contributed by atoms with Gasteiger partial charge in [0.25, 0.3) is 5.91 Å². The highest BCUT2D eigenvalue weighted by molar-refractivity contribution is 7.90. The van der Waals surface area contributed by atoms with Gasteiger partial charge < -0.3 is 10.2 Å². The Balaban J connectivity index is 1.47. The largest absolute Gasteiger partial charge is 0.385 e. The van der Waals surface area contributed by atoms with Crippen LogP contribution >= 0.6 is 0 Å². The van der Waals surface area contributed by atoms with Gasteiger partial charge in [-0.25, -0.2) is 17.5 Å². The second-order valence-corrected chi connectivity index (χ2v) is 10.8. The number of nitrogens with zero attached hydrogens (tertiary/aromatic N) is 1. The van der Waals surface area contributed by atoms with Crippen LogP contribution in [0.3, 0.4) is 0 Å². The first-order valence-corrected chi connectivity index (χ1v) is 12.1. The normalized spacial score (nSPS) is 22.8. The molecule has 1 heterocycles. The van der Waals surface area contributed by atoms with Crippen molar-refractivity contribution in [3.8, 4) is 0 Å². The van der Waals surface area contributed by atoms with E-state index in [4.69, 9.17) is 0 Å². The zero-order valence-electron chi connectivity index (χ0n) is 17.3. The Hall–Kier alpha value is -1.67. The van der Waals surface area contributed by atoms with E-state index in [-0.39, 0.29) is 17.5 Å². The molecule has 1 saturated carbocycles. The summed E-state index contributed by atoms with van der Waals surface area (Å²) >= 11 is 0. The fraction of sp³-hybridized carbons (Fsp3) is 0.667. The van der Waals surface area contributed by atoms with Crippen LogP contribution in [0.25, 0.3) is 0 Å². The minimum absolute atomic E-state index is 0.00646. The summed E-state index contributed by atoms with van der Waals surface area (Å²) in [6, 6.07) is 4.73. The van der Waals surface area contributed by atoms with Crippen LogP contribution in [-0.4, -0.2) is 50.2 Å². The Bertz CT molecular complexity index is 814. The van der Waals surface area contributed by atoms with Crippen LogP contribution in [0.2, 0.25) is 0 Å². The van der Waals surface area contributed by atoms with E-state index in [9.17, 15) is 17.6 Å². The molecule has 1 saturated heterocycles. The molecule has 8 heteroatoms. The van der Waals surface area contributed by atoms with E-state index in [1.54, 1.807) is 30.9 Å². The third-order valence-corrected chi connectivity index (χ3v) is 7.89. The number of carbonyl (C=O) groups is 1. The summed E-state index contributed by atoms with van der Waals surface area (Å²) in [5, 5.41) is 2.85. The number of halogens is 1. The molecule has 1 aliphatic heterocycles. The fourth-order valence-electron chi connectivity index (χ4n) is 4.00. The van der Waals surface area contributed by atoms with Crippen molar-refractivity contribution >= 4 is 21.6 Å². The molecule has 1 aliphatic carbocycles. The van der Waals surface area contributed by atoms with Crippen molar-refractivity contribution in [2.24, 2.45) is 5.92 Å². The summed E-state index contributed by atoms with van der Waals surface area (Å²) < 4.78 is 41.2. The highest BCUT2D eigenvalue weighted by atomic mass is 32.2. The number of anilines is 1. The molecule has 162 valence electrons. The van der Waals surface area contributed by atoms with Crippen LogP contribution in [0.4, 0.5) is 10.1 Å². The van der Waals surface area contributed by atoms with E-state index in [1.165, 1.54) is 6.07 Å². The Morgan fingerprint density at radius 3 is 2.41 bits per heavy atom. The number of carbonyl (C=O) groups excluding carboxylic acids is 1. The molecule has 1 amide bonds. The molecule has 2 fully saturated rings. The van der Waals surface area contributed by atoms with Crippen molar-refractivity contribution in [1.82, 2.24) is 9.62 Å². The summed E-state index contributed by atoms with van der Waals surface area (Å²) in [5.41, 5.74) is 0.804. The van der Waals surface area contributed by atoms with Gasteiger partial charge in [0.1, 0.15) is 5.82 Å². The number of likely N-dealkylation sites (tertiary alicyclic amines) is 1. The van der Waals surface area contributed by atoms with Crippen molar-refractivity contribution in [1.29, 1.82) is 0 Å². The summed E-state index contributed by atoms with van der Waals surface area (Å²) in [6.45, 7) is 5.48. The lowest BCUT2D eigenvalue weighted by molar-refractivity contribution is 0.0788. The maximum absolute atomic E-state index is 14.4. The standard InChI is InChI=1S/C21H32FN3O3S/c1-15(2)29(27,28)24-17-7-5-16(6-8-17)14-23-18-9-10-19(20(22)13-18)21(26)25-11-3-4-12-25/h9-10,13,15-17,23-24H,3-8,11-12,14H2,1-2H3. The van der Waals surface area contributed by atoms with Gasteiger partial charge in [-0.2, -0.15) is 0 Å². The highest BCUT2D eigenvalue weighted by Crippen LogP contribution is 2.26. The molecule has 3 rings (SSSR count). The first-order valence-electron chi connectivity index (χ1n) is 10.6. The first-order chi connectivity index (χ1) is 13.8. The van der Waals surface area contributed by atoms with Gasteiger partial charge >= 0.3 is 0 Å². The number of sulfonamides is 1. The van der Waals surface area contributed by atoms with E-state index in [2.05, 4.69) is 10.0 Å². The van der Waals surface area contributed by atoms with Gasteiger partial charge in [-0.1, -0.05) is 0 Å². The van der Waals surface area contributed by atoms with Crippen molar-refractivity contribution in [2.75, 3.05) is 25.0 Å². The smallest absolute Gasteiger partial charge is 0.256 e. The SMILES string of the molecule is CC(C)S(=O)(=O)NC1CCC(CNc2ccc(C(=O)N3CCCC3)c(F)c2)CC1. The number of hydrogen-bond donors (Lipinski definition) is 2. The Kier molecular flexibility index (Phi) is 7.16. The lowest BCUT2D eigenvalue weighted by Gasteiger charge is -2.29. The number of rotatable bonds is 7. The molecular weight excluding hydrogens is 393 g/mol. The molecule has 1 aromatic carbocycles. The zero-order chi connectivity index (χ0) is 21.0. The molecule has 0 unspecified atom stereocenters. The van der Waals surface area contributed by atoms with Crippen LogP contribution in [0.1, 0.15) is 62.7 Å². The van der Waals surface area contributed by atoms with Crippen LogP contribution < -0.4 is 10.0 Å². The number of hydrogen-bond acceptors (Lipinski definition) is 4. The molecule has 0 spiro atoms. The minimum atomic E-state index is -3.23. The third kappa shape index (κ3) is 5.69. The molecule has 2 aliphatic rings. The summed E-state index contributed by atoms with van der Waals surface area (Å²) in [6.07, 6.45) is 5.44. The fourth-order valence-corrected chi connectivity index (χ4v) is 4.98. The Morgan fingerprint density at radius 1 is 1.17 bits per heavy atom. The molecule has 29 heavy (non-hydrogen) atoms. The topological polar surface area (TPSA) is 78.5 Å². The van der Waals surface area contributed by atoms with Crippen LogP contribution in [0.5, 0.6) is 0 Å². The number of nitrogens with one attached hydrogen (secondary N) is 2. The molecule has 0 bridgehead atoms. The third-order valence-electron chi connectivity index (χ3n) is 5.99. The zero-order valence-corrected chi connectivity index (χ0v) is 18.1. The summed E-state index contributed by atoms with van der Waals surface area (Å²) in [7, 11) is -3.23. The Morgan fingerprint density at radius 2 is 1.83 bits per heavy atom. The quantitative estimate of drug-likeness (QED) is 0.702. The molecule has 6 nitrogen and oxygen atoms in total. The molecular formula is C21H32FN3O3S. The van der Waals surface area contributed by atoms with Gasteiger partial charge in [0.15, 0.2) is 0 Å². The van der Waals surface area contributed by atoms with Gasteiger partial charge in [-0.05, 0) is 76.5 Å². The van der Waals surface area contributed by atoms with Crippen molar-refractivity contribution in [3.05, 3.63) is 29.6 Å². The van der Waals surface area contributed by atoms with Crippen molar-refractivity contribution in [2.45, 2.75) is 63.7 Å². The van der Waals surface area contributed by atoms with Crippen molar-refractivity contribution in [3.63, 3.8) is 0 Å². The lowest BCUT2D eigenvalue weighted by Crippen LogP contribution is -2.41. The minimum Gasteiger partial charge on any atom is -0.385 e. The molecule has 2 N–H and O–H groups in total. The summed E-state index contributed by atoms with van der Waals surface area (Å²) in [4.78, 5) is 14.1. The highest BCUT2D eigenvalue weighted by Gasteiger charge is 2.26. The molecule has 0 radical (unpaired) electrons. The maximum Gasteiger partial charge on any atom is 0.256 e. The van der Waals surface area contributed by atoms with Crippen molar-refractivity contribution < 1.29 is 17.6 Å². The van der Waals surface area contributed by atoms with Gasteiger partial charge in [-0.3, -0.25) is 4.79 Å². The van der Waals surface area contributed by atoms with Gasteiger partial charge in [0.05, 0.1) is 10.8 Å². The van der Waals surface area contributed by atoms with Gasteiger partial charge in [0, 0.05) is 31.4 Å². The second kappa shape index (κ2) is 9.43. The molecule has 1 aromatic rings. The average molecular weight is 426 g/mol. The number of amides is 1. The average Bonchev–Trinajstić information content (AvgIpc) is 3.21. The Labute approximate surface area is 173 Å². The van der Waals surface area contributed by atoms with Crippen LogP contribution in [0, 0.1) is 11.7 Å². The van der Waals surface area contributed by atoms with Crippen LogP contribution in [0.15, 0.2) is 18.2 Å². The predicted octanol–water partition coefficient (Wildman–Crippen LogP) is 3.36. The van der Waals surface area contributed by atoms with E-state index < -0.39 is 21.1 Å². The van der Waals surface area contributed by atoms with E-state index in [0.29, 0.717) is 31.2 Å². The van der Waals surface area contributed by atoms with Gasteiger partial charge in [0.2, 0.25) is 10.0 Å². The van der Waals surface area contributed by atoms with Gasteiger partial charge in [-0.15, -0.1) is 0 Å². The predicted molar refractivity (Wildman–Crippen MR) is 113 cm³/mol. The van der Waals surface area contributed by atoms with E-state index >= 15 is 0 Å².